The predicted octanol–water partition coefficient (Wildman–Crippen LogP) is 2.78. The molecule has 0 saturated carbocycles. The van der Waals surface area contributed by atoms with Crippen LogP contribution in [0.5, 0.6) is 0 Å². The second-order valence-electron chi connectivity index (χ2n) is 8.04. The number of amides is 2. The summed E-state index contributed by atoms with van der Waals surface area (Å²) in [7, 11) is -0.682. The van der Waals surface area contributed by atoms with Gasteiger partial charge in [-0.15, -0.1) is 0 Å². The van der Waals surface area contributed by atoms with Crippen LogP contribution in [0.4, 0.5) is 0 Å². The van der Waals surface area contributed by atoms with Crippen molar-refractivity contribution in [3.8, 4) is 0 Å². The van der Waals surface area contributed by atoms with Crippen molar-refractivity contribution in [3.63, 3.8) is 0 Å². The van der Waals surface area contributed by atoms with Gasteiger partial charge in [0, 0.05) is 0 Å². The lowest BCUT2D eigenvalue weighted by Gasteiger charge is -2.32. The van der Waals surface area contributed by atoms with E-state index in [9.17, 15) is 9.59 Å². The van der Waals surface area contributed by atoms with E-state index in [1.807, 2.05) is 58.0 Å². The Kier molecular flexibility index (Phi) is 4.02. The van der Waals surface area contributed by atoms with Gasteiger partial charge in [0.05, 0.1) is 28.9 Å². The van der Waals surface area contributed by atoms with E-state index in [0.29, 0.717) is 16.6 Å². The topological polar surface area (TPSA) is 55.8 Å². The van der Waals surface area contributed by atoms with Crippen LogP contribution in [0.25, 0.3) is 0 Å². The molecule has 2 aromatic carbocycles. The fraction of sp³-hybridized carbons (Fsp3) is 0.333. The molecule has 6 heteroatoms. The summed E-state index contributed by atoms with van der Waals surface area (Å²) in [6, 6.07) is 14.8. The zero-order chi connectivity index (χ0) is 19.4. The van der Waals surface area contributed by atoms with Gasteiger partial charge in [0.15, 0.2) is 0 Å². The number of benzene rings is 2. The van der Waals surface area contributed by atoms with Gasteiger partial charge < -0.3 is 9.31 Å². The molecule has 27 heavy (non-hydrogen) atoms. The third-order valence-corrected chi connectivity index (χ3v) is 5.72. The lowest BCUT2D eigenvalue weighted by atomic mass is 9.75. The van der Waals surface area contributed by atoms with Gasteiger partial charge in [-0.25, -0.2) is 0 Å². The summed E-state index contributed by atoms with van der Waals surface area (Å²) >= 11 is 0. The summed E-state index contributed by atoms with van der Waals surface area (Å²) in [4.78, 5) is 27.2. The molecule has 0 N–H and O–H groups in total. The van der Waals surface area contributed by atoms with Gasteiger partial charge in [0.2, 0.25) is 0 Å². The molecule has 0 unspecified atom stereocenters. The van der Waals surface area contributed by atoms with Gasteiger partial charge >= 0.3 is 7.12 Å². The maximum Gasteiger partial charge on any atom is 0.495 e. The molecule has 138 valence electrons. The normalized spacial score (nSPS) is 20.3. The number of carbonyl (C=O) groups excluding carboxylic acids is 2. The van der Waals surface area contributed by atoms with Gasteiger partial charge in [0.1, 0.15) is 0 Å². The summed E-state index contributed by atoms with van der Waals surface area (Å²) in [5.41, 5.74) is 1.27. The van der Waals surface area contributed by atoms with E-state index in [-0.39, 0.29) is 18.4 Å². The first-order chi connectivity index (χ1) is 12.7. The highest BCUT2D eigenvalue weighted by Gasteiger charge is 2.53. The van der Waals surface area contributed by atoms with Crippen LogP contribution in [0.1, 0.15) is 54.0 Å². The molecule has 0 spiro atoms. The molecule has 2 aromatic rings. The van der Waals surface area contributed by atoms with Crippen LogP contribution < -0.4 is 5.46 Å². The van der Waals surface area contributed by atoms with E-state index in [2.05, 4.69) is 0 Å². The molecule has 1 saturated heterocycles. The summed E-state index contributed by atoms with van der Waals surface area (Å²) in [6.45, 7) is 8.10. The first kappa shape index (κ1) is 18.0. The number of rotatable bonds is 3. The van der Waals surface area contributed by atoms with E-state index in [0.717, 1.165) is 5.56 Å². The Morgan fingerprint density at radius 1 is 0.852 bits per heavy atom. The molecule has 0 atom stereocenters. The largest absolute Gasteiger partial charge is 0.495 e. The molecule has 2 amide bonds. The van der Waals surface area contributed by atoms with Gasteiger partial charge in [-0.05, 0) is 44.8 Å². The highest BCUT2D eigenvalue weighted by Crippen LogP contribution is 2.37. The Labute approximate surface area is 159 Å². The molecule has 2 aliphatic rings. The standard InChI is InChI=1S/C21H22BNO4/c1-20(2)21(3,4)27-22(26-20)16-12-8-11-15-17(16)19(25)23(18(15)24)13-14-9-6-5-7-10-14/h5-12H,13H2,1-4H3. The van der Waals surface area contributed by atoms with Gasteiger partial charge in [-0.2, -0.15) is 0 Å². The highest BCUT2D eigenvalue weighted by atomic mass is 16.7. The maximum atomic E-state index is 13.1. The first-order valence-corrected chi connectivity index (χ1v) is 9.10. The summed E-state index contributed by atoms with van der Waals surface area (Å²) in [5.74, 6) is -0.582. The lowest BCUT2D eigenvalue weighted by molar-refractivity contribution is 0.00578. The smallest absolute Gasteiger partial charge is 0.399 e. The van der Waals surface area contributed by atoms with Crippen LogP contribution in [-0.4, -0.2) is 35.0 Å². The van der Waals surface area contributed by atoms with E-state index in [4.69, 9.17) is 9.31 Å². The van der Waals surface area contributed by atoms with Crippen molar-refractivity contribution in [1.29, 1.82) is 0 Å². The number of hydrogen-bond donors (Lipinski definition) is 0. The van der Waals surface area contributed by atoms with Crippen LogP contribution >= 0.6 is 0 Å². The second-order valence-corrected chi connectivity index (χ2v) is 8.04. The molecular weight excluding hydrogens is 341 g/mol. The first-order valence-electron chi connectivity index (χ1n) is 9.10. The average molecular weight is 363 g/mol. The molecule has 5 nitrogen and oxygen atoms in total. The fourth-order valence-electron chi connectivity index (χ4n) is 3.44. The van der Waals surface area contributed by atoms with Crippen LogP contribution in [0, 0.1) is 0 Å². The third kappa shape index (κ3) is 2.80. The zero-order valence-corrected chi connectivity index (χ0v) is 16.0. The highest BCUT2D eigenvalue weighted by molar-refractivity contribution is 6.64. The van der Waals surface area contributed by atoms with Crippen molar-refractivity contribution < 1.29 is 18.9 Å². The van der Waals surface area contributed by atoms with Gasteiger partial charge in [-0.3, -0.25) is 14.5 Å². The second kappa shape index (κ2) is 6.04. The van der Waals surface area contributed by atoms with Crippen LogP contribution in [0.3, 0.4) is 0 Å². The fourth-order valence-corrected chi connectivity index (χ4v) is 3.44. The minimum atomic E-state index is -0.682. The van der Waals surface area contributed by atoms with Crippen LogP contribution in [0.15, 0.2) is 48.5 Å². The summed E-state index contributed by atoms with van der Waals surface area (Å²) < 4.78 is 12.2. The Morgan fingerprint density at radius 3 is 2.11 bits per heavy atom. The molecule has 2 aliphatic heterocycles. The molecular formula is C21H22BNO4. The Morgan fingerprint density at radius 2 is 1.48 bits per heavy atom. The van der Waals surface area contributed by atoms with Crippen molar-refractivity contribution in [3.05, 3.63) is 65.2 Å². The monoisotopic (exact) mass is 363 g/mol. The minimum Gasteiger partial charge on any atom is -0.399 e. The predicted molar refractivity (Wildman–Crippen MR) is 103 cm³/mol. The van der Waals surface area contributed by atoms with Gasteiger partial charge in [0.25, 0.3) is 11.8 Å². The molecule has 0 bridgehead atoms. The van der Waals surface area contributed by atoms with E-state index >= 15 is 0 Å². The number of fused-ring (bicyclic) bond motifs is 1. The number of imide groups is 1. The number of nitrogens with zero attached hydrogens (tertiary/aromatic N) is 1. The van der Waals surface area contributed by atoms with Crippen LogP contribution in [-0.2, 0) is 15.9 Å². The van der Waals surface area contributed by atoms with Crippen molar-refractivity contribution in [2.24, 2.45) is 0 Å². The van der Waals surface area contributed by atoms with Crippen LogP contribution in [0.2, 0.25) is 0 Å². The Hall–Kier alpha value is -2.44. The Balaban J connectivity index is 1.70. The minimum absolute atomic E-state index is 0.246. The molecule has 0 radical (unpaired) electrons. The number of hydrogen-bond acceptors (Lipinski definition) is 4. The van der Waals surface area contributed by atoms with Crippen molar-refractivity contribution in [1.82, 2.24) is 4.90 Å². The van der Waals surface area contributed by atoms with Crippen molar-refractivity contribution >= 4 is 24.4 Å². The zero-order valence-electron chi connectivity index (χ0n) is 16.0. The third-order valence-electron chi connectivity index (χ3n) is 5.72. The molecule has 2 heterocycles. The summed E-state index contributed by atoms with van der Waals surface area (Å²) in [6.07, 6.45) is 0. The SMILES string of the molecule is CC1(C)OB(c2cccc3c2C(=O)N(Cc2ccccc2)C3=O)OC1(C)C. The van der Waals surface area contributed by atoms with E-state index < -0.39 is 18.3 Å². The Bertz CT molecular complexity index is 907. The molecule has 4 rings (SSSR count). The van der Waals surface area contributed by atoms with Crippen molar-refractivity contribution in [2.75, 3.05) is 0 Å². The molecule has 0 aromatic heterocycles. The maximum absolute atomic E-state index is 13.1. The lowest BCUT2D eigenvalue weighted by Crippen LogP contribution is -2.41. The quantitative estimate of drug-likeness (QED) is 0.622. The molecule has 0 aliphatic carbocycles. The van der Waals surface area contributed by atoms with Gasteiger partial charge in [-0.1, -0.05) is 42.5 Å². The average Bonchev–Trinajstić information content (AvgIpc) is 3.00. The van der Waals surface area contributed by atoms with Crippen molar-refractivity contribution in [2.45, 2.75) is 45.4 Å². The van der Waals surface area contributed by atoms with E-state index in [1.54, 1.807) is 18.2 Å². The molecule has 1 fully saturated rings. The summed E-state index contributed by atoms with van der Waals surface area (Å²) in [5, 5.41) is 0. The number of carbonyl (C=O) groups is 2. The van der Waals surface area contributed by atoms with E-state index in [1.165, 1.54) is 4.90 Å².